The Kier molecular flexibility index (Phi) is 4.52. The van der Waals surface area contributed by atoms with E-state index in [1.807, 2.05) is 6.92 Å². The Hall–Kier alpha value is -3.32. The van der Waals surface area contributed by atoms with Crippen LogP contribution in [0, 0.1) is 0 Å². The van der Waals surface area contributed by atoms with Gasteiger partial charge < -0.3 is 0 Å². The molecule has 2 aromatic carbocycles. The van der Waals surface area contributed by atoms with Crippen molar-refractivity contribution in [1.29, 1.82) is 0 Å². The second-order valence-electron chi connectivity index (χ2n) is 6.85. The first-order valence-electron chi connectivity index (χ1n) is 9.15. The summed E-state index contributed by atoms with van der Waals surface area (Å²) in [5.74, 6) is -1.43. The van der Waals surface area contributed by atoms with E-state index in [1.54, 1.807) is 53.4 Å². The number of carbonyl (C=O) groups is 4. The van der Waals surface area contributed by atoms with Crippen molar-refractivity contribution >= 4 is 23.6 Å². The molecular weight excluding hydrogens is 358 g/mol. The maximum absolute atomic E-state index is 12.6. The summed E-state index contributed by atoms with van der Waals surface area (Å²) in [4.78, 5) is 54.6. The van der Waals surface area contributed by atoms with Gasteiger partial charge in [0.1, 0.15) is 0 Å². The third kappa shape index (κ3) is 2.80. The first-order chi connectivity index (χ1) is 13.5. The number of nitrogens with zero attached hydrogens (tertiary/aromatic N) is 3. The Morgan fingerprint density at radius 2 is 0.964 bits per heavy atom. The lowest BCUT2D eigenvalue weighted by Gasteiger charge is -2.29. The lowest BCUT2D eigenvalue weighted by molar-refractivity contribution is 0.0397. The molecule has 28 heavy (non-hydrogen) atoms. The van der Waals surface area contributed by atoms with Crippen LogP contribution >= 0.6 is 0 Å². The summed E-state index contributed by atoms with van der Waals surface area (Å²) in [6, 6.07) is 13.4. The topological polar surface area (TPSA) is 78.0 Å². The van der Waals surface area contributed by atoms with Crippen LogP contribution in [-0.4, -0.2) is 58.2 Å². The minimum absolute atomic E-state index is 0.0214. The van der Waals surface area contributed by atoms with Gasteiger partial charge in [0, 0.05) is 6.54 Å². The van der Waals surface area contributed by atoms with Crippen molar-refractivity contribution in [1.82, 2.24) is 14.7 Å². The molecule has 2 aliphatic heterocycles. The third-order valence-corrected chi connectivity index (χ3v) is 4.98. The molecule has 7 nitrogen and oxygen atoms in total. The second-order valence-corrected chi connectivity index (χ2v) is 6.85. The summed E-state index contributed by atoms with van der Waals surface area (Å²) >= 11 is 0. The van der Waals surface area contributed by atoms with Gasteiger partial charge in [0.15, 0.2) is 0 Å². The zero-order chi connectivity index (χ0) is 19.8. The van der Waals surface area contributed by atoms with Gasteiger partial charge in [0.2, 0.25) is 0 Å². The predicted octanol–water partition coefficient (Wildman–Crippen LogP) is 2.21. The Morgan fingerprint density at radius 1 is 0.643 bits per heavy atom. The Balaban J connectivity index is 1.54. The summed E-state index contributed by atoms with van der Waals surface area (Å²) in [5, 5.41) is 0. The van der Waals surface area contributed by atoms with E-state index in [2.05, 4.69) is 0 Å². The maximum atomic E-state index is 12.6. The average molecular weight is 377 g/mol. The van der Waals surface area contributed by atoms with E-state index >= 15 is 0 Å². The number of fused-ring (bicyclic) bond motifs is 2. The molecule has 0 unspecified atom stereocenters. The quantitative estimate of drug-likeness (QED) is 0.722. The van der Waals surface area contributed by atoms with Crippen molar-refractivity contribution in [2.75, 3.05) is 19.9 Å². The molecule has 142 valence electrons. The highest BCUT2D eigenvalue weighted by Gasteiger charge is 2.39. The summed E-state index contributed by atoms with van der Waals surface area (Å²) in [6.45, 7) is 2.53. The minimum Gasteiger partial charge on any atom is -0.269 e. The van der Waals surface area contributed by atoms with E-state index in [9.17, 15) is 19.2 Å². The van der Waals surface area contributed by atoms with Crippen LogP contribution in [0.4, 0.5) is 0 Å². The minimum atomic E-state index is -0.357. The van der Waals surface area contributed by atoms with Crippen molar-refractivity contribution in [3.63, 3.8) is 0 Å². The van der Waals surface area contributed by atoms with E-state index in [-0.39, 0.29) is 37.0 Å². The number of hydrogen-bond donors (Lipinski definition) is 0. The zero-order valence-electron chi connectivity index (χ0n) is 15.4. The Bertz CT molecular complexity index is 853. The third-order valence-electron chi connectivity index (χ3n) is 4.98. The van der Waals surface area contributed by atoms with Gasteiger partial charge in [-0.25, -0.2) is 0 Å². The molecular formula is C21H19N3O4. The van der Waals surface area contributed by atoms with Gasteiger partial charge in [-0.3, -0.25) is 33.9 Å². The number of rotatable bonds is 6. The molecule has 0 radical (unpaired) electrons. The fourth-order valence-corrected chi connectivity index (χ4v) is 3.64. The maximum Gasteiger partial charge on any atom is 0.262 e. The average Bonchev–Trinajstić information content (AvgIpc) is 3.09. The predicted molar refractivity (Wildman–Crippen MR) is 101 cm³/mol. The lowest BCUT2D eigenvalue weighted by atomic mass is 10.1. The molecule has 0 aliphatic carbocycles. The molecule has 0 spiro atoms. The molecule has 0 aromatic heterocycles. The van der Waals surface area contributed by atoms with E-state index in [4.69, 9.17) is 0 Å². The van der Waals surface area contributed by atoms with E-state index in [0.29, 0.717) is 28.8 Å². The molecule has 4 amide bonds. The molecule has 2 aliphatic rings. The standard InChI is InChI=1S/C21H19N3O4/c1-2-11-22(12-23-18(25)14-7-3-4-8-15(14)19(23)26)13-24-20(27)16-9-5-6-10-17(16)21(24)28/h3-10H,2,11-13H2,1H3. The van der Waals surface area contributed by atoms with Crippen LogP contribution in [0.5, 0.6) is 0 Å². The van der Waals surface area contributed by atoms with Gasteiger partial charge in [0.25, 0.3) is 23.6 Å². The number of benzene rings is 2. The number of imide groups is 2. The summed E-state index contributed by atoms with van der Waals surface area (Å²) in [6.07, 6.45) is 0.742. The van der Waals surface area contributed by atoms with Crippen LogP contribution in [0.3, 0.4) is 0 Å². The van der Waals surface area contributed by atoms with Crippen molar-refractivity contribution in [2.24, 2.45) is 0 Å². The van der Waals surface area contributed by atoms with Gasteiger partial charge in [-0.1, -0.05) is 31.2 Å². The monoisotopic (exact) mass is 377 g/mol. The molecule has 7 heteroatoms. The van der Waals surface area contributed by atoms with Crippen molar-refractivity contribution in [3.8, 4) is 0 Å². The van der Waals surface area contributed by atoms with Gasteiger partial charge in [-0.05, 0) is 30.7 Å². The Labute approximate surface area is 162 Å². The van der Waals surface area contributed by atoms with Crippen molar-refractivity contribution in [3.05, 3.63) is 70.8 Å². The molecule has 4 rings (SSSR count). The highest BCUT2D eigenvalue weighted by atomic mass is 16.2. The molecule has 0 saturated carbocycles. The zero-order valence-corrected chi connectivity index (χ0v) is 15.4. The highest BCUT2D eigenvalue weighted by Crippen LogP contribution is 2.25. The fraction of sp³-hybridized carbons (Fsp3) is 0.238. The summed E-state index contributed by atoms with van der Waals surface area (Å²) < 4.78 is 0. The highest BCUT2D eigenvalue weighted by molar-refractivity contribution is 6.22. The summed E-state index contributed by atoms with van der Waals surface area (Å²) in [5.41, 5.74) is 1.52. The van der Waals surface area contributed by atoms with Gasteiger partial charge in [-0.15, -0.1) is 0 Å². The van der Waals surface area contributed by atoms with E-state index < -0.39 is 0 Å². The largest absolute Gasteiger partial charge is 0.269 e. The van der Waals surface area contributed by atoms with Crippen molar-refractivity contribution in [2.45, 2.75) is 13.3 Å². The molecule has 0 bridgehead atoms. The lowest BCUT2D eigenvalue weighted by Crippen LogP contribution is -2.47. The van der Waals surface area contributed by atoms with Crippen molar-refractivity contribution < 1.29 is 19.2 Å². The smallest absolute Gasteiger partial charge is 0.262 e. The number of carbonyl (C=O) groups excluding carboxylic acids is 4. The van der Waals surface area contributed by atoms with E-state index in [0.717, 1.165) is 6.42 Å². The molecule has 0 fully saturated rings. The first-order valence-corrected chi connectivity index (χ1v) is 9.15. The van der Waals surface area contributed by atoms with E-state index in [1.165, 1.54) is 9.80 Å². The molecule has 2 aromatic rings. The van der Waals surface area contributed by atoms with Gasteiger partial charge >= 0.3 is 0 Å². The normalized spacial score (nSPS) is 15.6. The molecule has 0 N–H and O–H groups in total. The van der Waals surface area contributed by atoms with Gasteiger partial charge in [0.05, 0.1) is 35.6 Å². The second kappa shape index (κ2) is 7.01. The van der Waals surface area contributed by atoms with Crippen LogP contribution in [0.15, 0.2) is 48.5 Å². The summed E-state index contributed by atoms with van der Waals surface area (Å²) in [7, 11) is 0. The fourth-order valence-electron chi connectivity index (χ4n) is 3.64. The van der Waals surface area contributed by atoms with Crippen LogP contribution in [0.25, 0.3) is 0 Å². The molecule has 2 heterocycles. The number of hydrogen-bond acceptors (Lipinski definition) is 5. The van der Waals surface area contributed by atoms with Crippen LogP contribution in [-0.2, 0) is 0 Å². The number of amides is 4. The van der Waals surface area contributed by atoms with Crippen LogP contribution in [0.2, 0.25) is 0 Å². The van der Waals surface area contributed by atoms with Crippen LogP contribution < -0.4 is 0 Å². The molecule has 0 saturated heterocycles. The van der Waals surface area contributed by atoms with Crippen LogP contribution in [0.1, 0.15) is 54.8 Å². The molecule has 0 atom stereocenters. The Morgan fingerprint density at radius 3 is 1.25 bits per heavy atom. The van der Waals surface area contributed by atoms with Gasteiger partial charge in [-0.2, -0.15) is 0 Å². The first kappa shape index (κ1) is 18.1. The SMILES string of the molecule is CCCN(CN1C(=O)c2ccccc2C1=O)CN1C(=O)c2ccccc2C1=O.